The van der Waals surface area contributed by atoms with Gasteiger partial charge < -0.3 is 10.1 Å². The lowest BCUT2D eigenvalue weighted by atomic mass is 10.1. The molecule has 0 radical (unpaired) electrons. The third-order valence-corrected chi connectivity index (χ3v) is 3.15. The van der Waals surface area contributed by atoms with Gasteiger partial charge in [-0.3, -0.25) is 4.79 Å². The molecule has 0 fully saturated rings. The van der Waals surface area contributed by atoms with E-state index >= 15 is 0 Å². The molecule has 0 aliphatic rings. The van der Waals surface area contributed by atoms with E-state index in [1.54, 1.807) is 19.2 Å². The maximum Gasteiger partial charge on any atom is 0.255 e. The summed E-state index contributed by atoms with van der Waals surface area (Å²) in [5, 5.41) is 2.92. The van der Waals surface area contributed by atoms with E-state index in [1.165, 1.54) is 0 Å². The van der Waals surface area contributed by atoms with Gasteiger partial charge in [0.05, 0.1) is 7.11 Å². The minimum absolute atomic E-state index is 0.131. The molecular weight excluding hydrogens is 250 g/mol. The molecule has 0 aliphatic carbocycles. The van der Waals surface area contributed by atoms with E-state index in [4.69, 9.17) is 4.74 Å². The zero-order valence-corrected chi connectivity index (χ0v) is 12.3. The molecule has 0 aliphatic heterocycles. The quantitative estimate of drug-likeness (QED) is 0.918. The first-order valence-electron chi connectivity index (χ1n) is 6.54. The number of rotatable bonds is 3. The highest BCUT2D eigenvalue weighted by Gasteiger charge is 2.09. The summed E-state index contributed by atoms with van der Waals surface area (Å²) in [5.41, 5.74) is 4.66. The molecule has 3 heteroatoms. The van der Waals surface area contributed by atoms with Crippen molar-refractivity contribution in [1.82, 2.24) is 0 Å². The van der Waals surface area contributed by atoms with E-state index in [0.717, 1.165) is 28.1 Å². The first-order valence-corrected chi connectivity index (χ1v) is 6.54. The zero-order chi connectivity index (χ0) is 14.7. The van der Waals surface area contributed by atoms with Gasteiger partial charge in [-0.2, -0.15) is 0 Å². The number of hydrogen-bond donors (Lipinski definition) is 1. The molecule has 2 aromatic carbocycles. The number of nitrogens with one attached hydrogen (secondary N) is 1. The molecule has 20 heavy (non-hydrogen) atoms. The van der Waals surface area contributed by atoms with Gasteiger partial charge in [-0.15, -0.1) is 0 Å². The topological polar surface area (TPSA) is 38.3 Å². The fraction of sp³-hybridized carbons (Fsp3) is 0.235. The van der Waals surface area contributed by atoms with Gasteiger partial charge in [0, 0.05) is 11.3 Å². The fourth-order valence-electron chi connectivity index (χ4n) is 2.21. The van der Waals surface area contributed by atoms with Crippen molar-refractivity contribution in [2.45, 2.75) is 20.8 Å². The van der Waals surface area contributed by atoms with Crippen molar-refractivity contribution < 1.29 is 9.53 Å². The third kappa shape index (κ3) is 3.18. The lowest BCUT2D eigenvalue weighted by molar-refractivity contribution is 0.102. The zero-order valence-electron chi connectivity index (χ0n) is 12.3. The molecule has 0 spiro atoms. The third-order valence-electron chi connectivity index (χ3n) is 3.15. The number of anilines is 1. The highest BCUT2D eigenvalue weighted by atomic mass is 16.5. The van der Waals surface area contributed by atoms with Crippen LogP contribution in [0.2, 0.25) is 0 Å². The van der Waals surface area contributed by atoms with Crippen LogP contribution in [-0.2, 0) is 0 Å². The van der Waals surface area contributed by atoms with Crippen LogP contribution in [0, 0.1) is 20.8 Å². The van der Waals surface area contributed by atoms with Crippen LogP contribution in [0.5, 0.6) is 5.75 Å². The van der Waals surface area contributed by atoms with Crippen molar-refractivity contribution >= 4 is 11.6 Å². The maximum atomic E-state index is 12.2. The number of carbonyl (C=O) groups excluding carboxylic acids is 1. The van der Waals surface area contributed by atoms with Gasteiger partial charge in [0.2, 0.25) is 0 Å². The molecule has 0 bridgehead atoms. The molecule has 0 aromatic heterocycles. The van der Waals surface area contributed by atoms with Gasteiger partial charge in [-0.05, 0) is 61.7 Å². The van der Waals surface area contributed by atoms with Gasteiger partial charge in [0.25, 0.3) is 5.91 Å². The predicted octanol–water partition coefficient (Wildman–Crippen LogP) is 3.87. The Bertz CT molecular complexity index is 627. The first-order chi connectivity index (χ1) is 9.49. The normalized spacial score (nSPS) is 10.2. The molecule has 0 saturated carbocycles. The summed E-state index contributed by atoms with van der Waals surface area (Å²) in [6.07, 6.45) is 0. The number of ether oxygens (including phenoxy) is 1. The van der Waals surface area contributed by atoms with Crippen molar-refractivity contribution in [3.8, 4) is 5.75 Å². The Hall–Kier alpha value is -2.29. The summed E-state index contributed by atoms with van der Waals surface area (Å²) >= 11 is 0. The van der Waals surface area contributed by atoms with E-state index in [1.807, 2.05) is 39.0 Å². The fourth-order valence-corrected chi connectivity index (χ4v) is 2.21. The minimum Gasteiger partial charge on any atom is -0.496 e. The highest BCUT2D eigenvalue weighted by Crippen LogP contribution is 2.20. The number of carbonyl (C=O) groups is 1. The summed E-state index contributed by atoms with van der Waals surface area (Å²) in [4.78, 5) is 12.2. The number of methoxy groups -OCH3 is 1. The van der Waals surface area contributed by atoms with Crippen LogP contribution in [0.25, 0.3) is 0 Å². The van der Waals surface area contributed by atoms with E-state index in [0.29, 0.717) is 5.56 Å². The van der Waals surface area contributed by atoms with Crippen molar-refractivity contribution in [3.63, 3.8) is 0 Å². The lowest BCUT2D eigenvalue weighted by Gasteiger charge is -2.10. The molecule has 2 rings (SSSR count). The molecule has 0 saturated heterocycles. The van der Waals surface area contributed by atoms with Crippen LogP contribution in [0.1, 0.15) is 27.0 Å². The average molecular weight is 269 g/mol. The van der Waals surface area contributed by atoms with Gasteiger partial charge in [0.15, 0.2) is 0 Å². The molecule has 0 heterocycles. The van der Waals surface area contributed by atoms with E-state index < -0.39 is 0 Å². The first kappa shape index (κ1) is 14.1. The number of aryl methyl sites for hydroxylation is 3. The molecule has 0 unspecified atom stereocenters. The Balaban J connectivity index is 2.23. The van der Waals surface area contributed by atoms with Gasteiger partial charge in [-0.25, -0.2) is 0 Å². The van der Waals surface area contributed by atoms with Crippen molar-refractivity contribution in [2.24, 2.45) is 0 Å². The van der Waals surface area contributed by atoms with Crippen molar-refractivity contribution in [3.05, 3.63) is 58.7 Å². The second-order valence-electron chi connectivity index (χ2n) is 5.01. The molecule has 2 aromatic rings. The number of benzene rings is 2. The molecule has 104 valence electrons. The smallest absolute Gasteiger partial charge is 0.255 e. The molecule has 0 atom stereocenters. The highest BCUT2D eigenvalue weighted by molar-refractivity contribution is 6.04. The molecule has 1 amide bonds. The standard InChI is InChI=1S/C17H19NO2/c1-11-7-12(2)9-15(8-11)18-17(19)14-6-5-13(3)16(10-14)20-4/h5-10H,1-4H3,(H,18,19). The van der Waals surface area contributed by atoms with E-state index in [9.17, 15) is 4.79 Å². The second-order valence-corrected chi connectivity index (χ2v) is 5.01. The van der Waals surface area contributed by atoms with Crippen LogP contribution in [0.15, 0.2) is 36.4 Å². The summed E-state index contributed by atoms with van der Waals surface area (Å²) in [5.74, 6) is 0.589. The van der Waals surface area contributed by atoms with E-state index in [2.05, 4.69) is 11.4 Å². The van der Waals surface area contributed by atoms with Crippen LogP contribution < -0.4 is 10.1 Å². The van der Waals surface area contributed by atoms with Crippen molar-refractivity contribution in [2.75, 3.05) is 12.4 Å². The Morgan fingerprint density at radius 2 is 1.65 bits per heavy atom. The van der Waals surface area contributed by atoms with Gasteiger partial charge in [0.1, 0.15) is 5.75 Å². The summed E-state index contributed by atoms with van der Waals surface area (Å²) in [7, 11) is 1.61. The minimum atomic E-state index is -0.131. The Morgan fingerprint density at radius 1 is 1.00 bits per heavy atom. The lowest BCUT2D eigenvalue weighted by Crippen LogP contribution is -2.12. The Labute approximate surface area is 119 Å². The monoisotopic (exact) mass is 269 g/mol. The largest absolute Gasteiger partial charge is 0.496 e. The average Bonchev–Trinajstić information content (AvgIpc) is 2.37. The SMILES string of the molecule is COc1cc(C(=O)Nc2cc(C)cc(C)c2)ccc1C. The van der Waals surface area contributed by atoms with Gasteiger partial charge in [-0.1, -0.05) is 12.1 Å². The van der Waals surface area contributed by atoms with Crippen LogP contribution >= 0.6 is 0 Å². The number of hydrogen-bond acceptors (Lipinski definition) is 2. The summed E-state index contributed by atoms with van der Waals surface area (Å²) in [6.45, 7) is 5.97. The van der Waals surface area contributed by atoms with Crippen molar-refractivity contribution in [1.29, 1.82) is 0 Å². The van der Waals surface area contributed by atoms with Gasteiger partial charge >= 0.3 is 0 Å². The Kier molecular flexibility index (Phi) is 4.08. The van der Waals surface area contributed by atoms with Crippen LogP contribution in [0.4, 0.5) is 5.69 Å². The maximum absolute atomic E-state index is 12.2. The second kappa shape index (κ2) is 5.78. The summed E-state index contributed by atoms with van der Waals surface area (Å²) < 4.78 is 5.24. The van der Waals surface area contributed by atoms with Crippen LogP contribution in [0.3, 0.4) is 0 Å². The molecule has 1 N–H and O–H groups in total. The number of amides is 1. The van der Waals surface area contributed by atoms with E-state index in [-0.39, 0.29) is 5.91 Å². The van der Waals surface area contributed by atoms with Crippen LogP contribution in [-0.4, -0.2) is 13.0 Å². The summed E-state index contributed by atoms with van der Waals surface area (Å²) in [6, 6.07) is 11.4. The predicted molar refractivity (Wildman–Crippen MR) is 81.6 cm³/mol. The molecule has 3 nitrogen and oxygen atoms in total. The Morgan fingerprint density at radius 3 is 2.25 bits per heavy atom. The molecular formula is C17H19NO2.